The Hall–Kier alpha value is -0.300. The first-order valence-corrected chi connectivity index (χ1v) is 6.64. The Morgan fingerprint density at radius 2 is 1.87 bits per heavy atom. The van der Waals surface area contributed by atoms with Gasteiger partial charge in [0.25, 0.3) is 0 Å². The summed E-state index contributed by atoms with van der Waals surface area (Å²) < 4.78 is 57.0. The van der Waals surface area contributed by atoms with Gasteiger partial charge in [0, 0.05) is 12.3 Å². The maximum atomic E-state index is 11.9. The molecule has 0 aliphatic rings. The molecule has 3 nitrogen and oxygen atoms in total. The van der Waals surface area contributed by atoms with Crippen molar-refractivity contribution >= 4 is 9.84 Å². The predicted molar refractivity (Wildman–Crippen MR) is 52.5 cm³/mol. The zero-order valence-corrected chi connectivity index (χ0v) is 9.58. The zero-order valence-electron chi connectivity index (χ0n) is 8.76. The highest BCUT2D eigenvalue weighted by Gasteiger charge is 2.29. The van der Waals surface area contributed by atoms with Crippen molar-refractivity contribution in [2.45, 2.75) is 32.0 Å². The number of sulfone groups is 1. The monoisotopic (exact) mass is 247 g/mol. The first-order chi connectivity index (χ1) is 6.60. The van der Waals surface area contributed by atoms with E-state index in [1.807, 2.05) is 0 Å². The van der Waals surface area contributed by atoms with Crippen molar-refractivity contribution in [3.63, 3.8) is 0 Å². The van der Waals surface area contributed by atoms with Gasteiger partial charge in [0.2, 0.25) is 0 Å². The Kier molecular flexibility index (Phi) is 5.58. The van der Waals surface area contributed by atoms with E-state index in [9.17, 15) is 21.6 Å². The van der Waals surface area contributed by atoms with Gasteiger partial charge in [-0.3, -0.25) is 0 Å². The van der Waals surface area contributed by atoms with Crippen LogP contribution in [0.4, 0.5) is 13.2 Å². The van der Waals surface area contributed by atoms with Crippen LogP contribution >= 0.6 is 0 Å². The molecule has 0 bridgehead atoms. The standard InChI is InChI=1S/C8H16F3NO2S/c1-7(6-8(9,10)11)12-4-3-5-15(2,13)14/h7,12H,3-6H2,1-2H3. The normalized spacial score (nSPS) is 15.3. The Morgan fingerprint density at radius 3 is 2.27 bits per heavy atom. The number of alkyl halides is 3. The van der Waals surface area contributed by atoms with Crippen molar-refractivity contribution in [1.82, 2.24) is 5.32 Å². The van der Waals surface area contributed by atoms with Crippen molar-refractivity contribution in [1.29, 1.82) is 0 Å². The average Bonchev–Trinajstić information content (AvgIpc) is 1.92. The molecule has 1 unspecified atom stereocenters. The van der Waals surface area contributed by atoms with Gasteiger partial charge in [-0.1, -0.05) is 0 Å². The zero-order chi connectivity index (χ0) is 12.1. The van der Waals surface area contributed by atoms with E-state index in [0.717, 1.165) is 6.26 Å². The minimum absolute atomic E-state index is 0.00125. The van der Waals surface area contributed by atoms with Gasteiger partial charge in [-0.05, 0) is 19.9 Å². The number of nitrogens with one attached hydrogen (secondary N) is 1. The summed E-state index contributed by atoms with van der Waals surface area (Å²) >= 11 is 0. The van der Waals surface area contributed by atoms with E-state index in [-0.39, 0.29) is 12.3 Å². The Morgan fingerprint density at radius 1 is 1.33 bits per heavy atom. The summed E-state index contributed by atoms with van der Waals surface area (Å²) in [6.45, 7) is 1.71. The molecule has 92 valence electrons. The Bertz CT molecular complexity index is 274. The molecule has 0 spiro atoms. The van der Waals surface area contributed by atoms with Crippen LogP contribution in [-0.2, 0) is 9.84 Å². The molecule has 0 aromatic carbocycles. The molecule has 15 heavy (non-hydrogen) atoms. The second kappa shape index (κ2) is 5.69. The fraction of sp³-hybridized carbons (Fsp3) is 1.00. The molecule has 0 aromatic heterocycles. The molecule has 0 saturated carbocycles. The molecule has 0 aromatic rings. The van der Waals surface area contributed by atoms with E-state index in [2.05, 4.69) is 5.32 Å². The summed E-state index contributed by atoms with van der Waals surface area (Å²) in [4.78, 5) is 0. The quantitative estimate of drug-likeness (QED) is 0.721. The van der Waals surface area contributed by atoms with E-state index in [4.69, 9.17) is 0 Å². The summed E-state index contributed by atoms with van der Waals surface area (Å²) in [6, 6.07) is -0.676. The van der Waals surface area contributed by atoms with Crippen molar-refractivity contribution in [3.05, 3.63) is 0 Å². The summed E-state index contributed by atoms with van der Waals surface area (Å²) in [5, 5.41) is 2.63. The van der Waals surface area contributed by atoms with Crippen molar-refractivity contribution in [3.8, 4) is 0 Å². The molecular weight excluding hydrogens is 231 g/mol. The van der Waals surface area contributed by atoms with E-state index in [1.54, 1.807) is 0 Å². The van der Waals surface area contributed by atoms with Gasteiger partial charge in [-0.25, -0.2) is 8.42 Å². The van der Waals surface area contributed by atoms with Crippen LogP contribution in [0, 0.1) is 0 Å². The van der Waals surface area contributed by atoms with E-state index in [0.29, 0.717) is 6.42 Å². The molecule has 7 heteroatoms. The lowest BCUT2D eigenvalue weighted by Crippen LogP contribution is -2.32. The van der Waals surface area contributed by atoms with Crippen LogP contribution in [0.3, 0.4) is 0 Å². The van der Waals surface area contributed by atoms with Gasteiger partial charge in [-0.2, -0.15) is 13.2 Å². The van der Waals surface area contributed by atoms with Gasteiger partial charge in [-0.15, -0.1) is 0 Å². The fourth-order valence-electron chi connectivity index (χ4n) is 1.10. The highest BCUT2D eigenvalue weighted by atomic mass is 32.2. The summed E-state index contributed by atoms with van der Waals surface area (Å²) in [6.07, 6.45) is -3.64. The number of halogens is 3. The first kappa shape index (κ1) is 14.7. The third-order valence-electron chi connectivity index (χ3n) is 1.72. The van der Waals surface area contributed by atoms with Crippen LogP contribution < -0.4 is 5.32 Å². The van der Waals surface area contributed by atoms with Crippen LogP contribution in [0.25, 0.3) is 0 Å². The van der Waals surface area contributed by atoms with E-state index in [1.165, 1.54) is 6.92 Å². The predicted octanol–water partition coefficient (Wildman–Crippen LogP) is 1.35. The van der Waals surface area contributed by atoms with Crippen LogP contribution in [0.5, 0.6) is 0 Å². The number of hydrogen-bond donors (Lipinski definition) is 1. The SMILES string of the molecule is CC(CC(F)(F)F)NCCCS(C)(=O)=O. The van der Waals surface area contributed by atoms with Crippen molar-refractivity contribution in [2.75, 3.05) is 18.6 Å². The third kappa shape index (κ3) is 11.6. The Labute approximate surface area is 88.0 Å². The van der Waals surface area contributed by atoms with Gasteiger partial charge >= 0.3 is 6.18 Å². The first-order valence-electron chi connectivity index (χ1n) is 4.58. The second-order valence-electron chi connectivity index (χ2n) is 3.66. The molecule has 1 N–H and O–H groups in total. The molecule has 0 rings (SSSR count). The second-order valence-corrected chi connectivity index (χ2v) is 5.92. The molecule has 0 radical (unpaired) electrons. The van der Waals surface area contributed by atoms with E-state index >= 15 is 0 Å². The smallest absolute Gasteiger partial charge is 0.314 e. The topological polar surface area (TPSA) is 46.2 Å². The van der Waals surface area contributed by atoms with Crippen LogP contribution in [0.2, 0.25) is 0 Å². The minimum atomic E-state index is -4.18. The van der Waals surface area contributed by atoms with Gasteiger partial charge in [0.1, 0.15) is 9.84 Å². The number of hydrogen-bond acceptors (Lipinski definition) is 3. The molecule has 1 atom stereocenters. The number of rotatable bonds is 6. The average molecular weight is 247 g/mol. The maximum absolute atomic E-state index is 11.9. The van der Waals surface area contributed by atoms with E-state index < -0.39 is 28.5 Å². The van der Waals surface area contributed by atoms with Crippen molar-refractivity contribution in [2.24, 2.45) is 0 Å². The third-order valence-corrected chi connectivity index (χ3v) is 2.75. The molecule has 0 heterocycles. The lowest BCUT2D eigenvalue weighted by atomic mass is 10.2. The molecule has 0 amide bonds. The minimum Gasteiger partial charge on any atom is -0.314 e. The molecule has 0 fully saturated rings. The van der Waals surface area contributed by atoms with Crippen LogP contribution in [0.15, 0.2) is 0 Å². The van der Waals surface area contributed by atoms with Crippen LogP contribution in [-0.4, -0.2) is 39.2 Å². The van der Waals surface area contributed by atoms with Crippen LogP contribution in [0.1, 0.15) is 19.8 Å². The Balaban J connectivity index is 3.61. The van der Waals surface area contributed by atoms with Crippen molar-refractivity contribution < 1.29 is 21.6 Å². The molecular formula is C8H16F3NO2S. The summed E-state index contributed by atoms with van der Waals surface area (Å²) in [5.41, 5.74) is 0. The highest BCUT2D eigenvalue weighted by molar-refractivity contribution is 7.90. The summed E-state index contributed by atoms with van der Waals surface area (Å²) in [7, 11) is -3.02. The summed E-state index contributed by atoms with van der Waals surface area (Å²) in [5.74, 6) is -0.00125. The van der Waals surface area contributed by atoms with Gasteiger partial charge in [0.15, 0.2) is 0 Å². The lowest BCUT2D eigenvalue weighted by Gasteiger charge is -2.15. The van der Waals surface area contributed by atoms with Gasteiger partial charge in [0.05, 0.1) is 12.2 Å². The fourth-order valence-corrected chi connectivity index (χ4v) is 1.77. The molecule has 0 aliphatic carbocycles. The largest absolute Gasteiger partial charge is 0.390 e. The molecule has 0 aliphatic heterocycles. The highest BCUT2D eigenvalue weighted by Crippen LogP contribution is 2.21. The maximum Gasteiger partial charge on any atom is 0.390 e. The lowest BCUT2D eigenvalue weighted by molar-refractivity contribution is -0.138. The van der Waals surface area contributed by atoms with Gasteiger partial charge < -0.3 is 5.32 Å². The molecule has 0 saturated heterocycles.